The van der Waals surface area contributed by atoms with Crippen LogP contribution in [0.1, 0.15) is 29.9 Å². The predicted molar refractivity (Wildman–Crippen MR) is 80.2 cm³/mol. The van der Waals surface area contributed by atoms with Crippen molar-refractivity contribution in [2.24, 2.45) is 0 Å². The second-order valence-corrected chi connectivity index (χ2v) is 5.17. The molecule has 0 aliphatic carbocycles. The highest BCUT2D eigenvalue weighted by molar-refractivity contribution is 6.29. The van der Waals surface area contributed by atoms with Gasteiger partial charge in [0.2, 0.25) is 0 Å². The summed E-state index contributed by atoms with van der Waals surface area (Å²) in [5, 5.41) is 4.87. The van der Waals surface area contributed by atoms with Crippen LogP contribution in [0.3, 0.4) is 0 Å². The highest BCUT2D eigenvalue weighted by atomic mass is 35.5. The zero-order valence-corrected chi connectivity index (χ0v) is 12.2. The largest absolute Gasteiger partial charge is 0.459 e. The summed E-state index contributed by atoms with van der Waals surface area (Å²) >= 11 is 6.10. The molecule has 3 rings (SSSR count). The summed E-state index contributed by atoms with van der Waals surface area (Å²) in [6.07, 6.45) is 1.59. The minimum absolute atomic E-state index is 0.0982. The van der Waals surface area contributed by atoms with Gasteiger partial charge in [-0.3, -0.25) is 0 Å². The molecule has 1 atom stereocenters. The Morgan fingerprint density at radius 1 is 1.25 bits per heavy atom. The van der Waals surface area contributed by atoms with Gasteiger partial charge in [-0.15, -0.1) is 0 Å². The van der Waals surface area contributed by atoms with Gasteiger partial charge in [0.15, 0.2) is 5.22 Å². The third-order valence-corrected chi connectivity index (χ3v) is 3.65. The number of aryl methyl sites for hydroxylation is 1. The number of nitrogens with one attached hydrogen (secondary N) is 1. The maximum atomic E-state index is 6.10. The van der Waals surface area contributed by atoms with Gasteiger partial charge in [-0.1, -0.05) is 18.6 Å². The first-order valence-electron chi connectivity index (χ1n) is 6.65. The maximum Gasteiger partial charge on any atom is 0.198 e. The van der Waals surface area contributed by atoms with Crippen LogP contribution < -0.4 is 5.32 Å². The monoisotopic (exact) mass is 289 g/mol. The lowest BCUT2D eigenvalue weighted by Gasteiger charge is -2.13. The molecule has 0 bridgehead atoms. The highest BCUT2D eigenvalue weighted by Gasteiger charge is 2.21. The molecule has 104 valence electrons. The van der Waals surface area contributed by atoms with E-state index >= 15 is 0 Å². The summed E-state index contributed by atoms with van der Waals surface area (Å²) < 4.78 is 11.1. The molecule has 20 heavy (non-hydrogen) atoms. The van der Waals surface area contributed by atoms with Crippen LogP contribution in [-0.4, -0.2) is 6.54 Å². The Morgan fingerprint density at radius 3 is 2.80 bits per heavy atom. The molecule has 3 aromatic rings. The van der Waals surface area contributed by atoms with Gasteiger partial charge in [0.1, 0.15) is 11.3 Å². The van der Waals surface area contributed by atoms with E-state index in [2.05, 4.69) is 24.4 Å². The second-order valence-electron chi connectivity index (χ2n) is 4.83. The molecule has 0 aliphatic heterocycles. The van der Waals surface area contributed by atoms with Gasteiger partial charge in [-0.2, -0.15) is 0 Å². The Kier molecular flexibility index (Phi) is 3.55. The molecule has 0 amide bonds. The molecule has 0 radical (unpaired) electrons. The van der Waals surface area contributed by atoms with Crippen molar-refractivity contribution < 1.29 is 8.83 Å². The van der Waals surface area contributed by atoms with E-state index in [0.717, 1.165) is 28.8 Å². The first-order chi connectivity index (χ1) is 9.69. The third kappa shape index (κ3) is 2.35. The van der Waals surface area contributed by atoms with E-state index in [1.165, 1.54) is 5.56 Å². The van der Waals surface area contributed by atoms with Crippen molar-refractivity contribution in [2.45, 2.75) is 19.9 Å². The van der Waals surface area contributed by atoms with Crippen LogP contribution in [-0.2, 0) is 0 Å². The van der Waals surface area contributed by atoms with E-state index in [1.54, 1.807) is 6.26 Å². The van der Waals surface area contributed by atoms with Crippen molar-refractivity contribution in [3.8, 4) is 0 Å². The summed E-state index contributed by atoms with van der Waals surface area (Å²) in [5.41, 5.74) is 2.99. The quantitative estimate of drug-likeness (QED) is 0.757. The Morgan fingerprint density at radius 2 is 2.10 bits per heavy atom. The number of furan rings is 2. The Hall–Kier alpha value is -1.71. The summed E-state index contributed by atoms with van der Waals surface area (Å²) in [7, 11) is 0. The lowest BCUT2D eigenvalue weighted by molar-refractivity contribution is 0.472. The first kappa shape index (κ1) is 13.3. The van der Waals surface area contributed by atoms with Crippen molar-refractivity contribution in [3.05, 3.63) is 58.7 Å². The molecule has 3 nitrogen and oxygen atoms in total. The van der Waals surface area contributed by atoms with Gasteiger partial charge in [0, 0.05) is 10.9 Å². The van der Waals surface area contributed by atoms with Crippen LogP contribution in [0.15, 0.2) is 45.4 Å². The van der Waals surface area contributed by atoms with Gasteiger partial charge in [0.25, 0.3) is 0 Å². The molecule has 4 heteroatoms. The number of benzene rings is 1. The van der Waals surface area contributed by atoms with E-state index in [4.69, 9.17) is 20.4 Å². The third-order valence-electron chi connectivity index (χ3n) is 3.34. The van der Waals surface area contributed by atoms with Crippen LogP contribution in [0.2, 0.25) is 5.22 Å². The Balaban J connectivity index is 2.07. The molecular weight excluding hydrogens is 274 g/mol. The molecule has 2 aromatic heterocycles. The van der Waals surface area contributed by atoms with Gasteiger partial charge < -0.3 is 14.2 Å². The minimum atomic E-state index is -0.0982. The van der Waals surface area contributed by atoms with E-state index in [0.29, 0.717) is 5.22 Å². The van der Waals surface area contributed by atoms with Crippen molar-refractivity contribution in [2.75, 3.05) is 6.54 Å². The molecule has 0 saturated heterocycles. The van der Waals surface area contributed by atoms with E-state index < -0.39 is 0 Å². The van der Waals surface area contributed by atoms with Gasteiger partial charge in [-0.25, -0.2) is 0 Å². The number of hydrogen-bond acceptors (Lipinski definition) is 3. The van der Waals surface area contributed by atoms with E-state index in [9.17, 15) is 0 Å². The normalized spacial score (nSPS) is 12.9. The SMILES string of the molecule is CCNC(c1cc2cc(C)ccc2o1)c1ccoc1Cl. The van der Waals surface area contributed by atoms with Gasteiger partial charge >= 0.3 is 0 Å². The van der Waals surface area contributed by atoms with Crippen LogP contribution in [0.25, 0.3) is 11.0 Å². The molecule has 1 N–H and O–H groups in total. The fourth-order valence-electron chi connectivity index (χ4n) is 2.40. The molecule has 0 saturated carbocycles. The number of hydrogen-bond donors (Lipinski definition) is 1. The van der Waals surface area contributed by atoms with Crippen molar-refractivity contribution in [1.29, 1.82) is 0 Å². The summed E-state index contributed by atoms with van der Waals surface area (Å²) in [6, 6.07) is 9.98. The predicted octanol–water partition coefficient (Wildman–Crippen LogP) is 4.69. The summed E-state index contributed by atoms with van der Waals surface area (Å²) in [5.74, 6) is 0.843. The zero-order chi connectivity index (χ0) is 14.1. The topological polar surface area (TPSA) is 38.3 Å². The highest BCUT2D eigenvalue weighted by Crippen LogP contribution is 2.32. The van der Waals surface area contributed by atoms with Crippen molar-refractivity contribution in [1.82, 2.24) is 5.32 Å². The lowest BCUT2D eigenvalue weighted by atomic mass is 10.1. The molecule has 0 fully saturated rings. The van der Waals surface area contributed by atoms with Gasteiger partial charge in [0.05, 0.1) is 12.3 Å². The van der Waals surface area contributed by atoms with Crippen molar-refractivity contribution >= 4 is 22.6 Å². The zero-order valence-electron chi connectivity index (χ0n) is 11.4. The van der Waals surface area contributed by atoms with E-state index in [1.807, 2.05) is 25.1 Å². The lowest BCUT2D eigenvalue weighted by Crippen LogP contribution is -2.21. The molecule has 0 spiro atoms. The summed E-state index contributed by atoms with van der Waals surface area (Å²) in [4.78, 5) is 0. The van der Waals surface area contributed by atoms with Gasteiger partial charge in [-0.05, 0) is 49.3 Å². The van der Waals surface area contributed by atoms with Crippen LogP contribution in [0, 0.1) is 6.92 Å². The molecule has 2 heterocycles. The van der Waals surface area contributed by atoms with Crippen LogP contribution in [0.4, 0.5) is 0 Å². The maximum absolute atomic E-state index is 6.10. The van der Waals surface area contributed by atoms with Crippen LogP contribution >= 0.6 is 11.6 Å². The van der Waals surface area contributed by atoms with Crippen LogP contribution in [0.5, 0.6) is 0 Å². The fourth-order valence-corrected chi connectivity index (χ4v) is 2.63. The first-order valence-corrected chi connectivity index (χ1v) is 7.03. The Labute approximate surface area is 122 Å². The number of halogens is 1. The smallest absolute Gasteiger partial charge is 0.198 e. The number of rotatable bonds is 4. The number of fused-ring (bicyclic) bond motifs is 1. The van der Waals surface area contributed by atoms with Crippen molar-refractivity contribution in [3.63, 3.8) is 0 Å². The van der Waals surface area contributed by atoms with E-state index in [-0.39, 0.29) is 6.04 Å². The standard InChI is InChI=1S/C16H16ClNO2/c1-3-18-15(12-6-7-19-16(12)17)14-9-11-8-10(2)4-5-13(11)20-14/h4-9,15,18H,3H2,1-2H3. The second kappa shape index (κ2) is 5.35. The minimum Gasteiger partial charge on any atom is -0.459 e. The molecule has 1 unspecified atom stereocenters. The molecule has 0 aliphatic rings. The average Bonchev–Trinajstić information content (AvgIpc) is 3.01. The Bertz CT molecular complexity index is 729. The molecular formula is C16H16ClNO2. The molecule has 1 aromatic carbocycles. The summed E-state index contributed by atoms with van der Waals surface area (Å²) in [6.45, 7) is 4.93. The fraction of sp³-hybridized carbons (Fsp3) is 0.250. The average molecular weight is 290 g/mol.